The van der Waals surface area contributed by atoms with Gasteiger partial charge in [-0.25, -0.2) is 0 Å². The number of carbonyl (C=O) groups is 1. The largest absolute Gasteiger partial charge is 0.497 e. The Labute approximate surface area is 148 Å². The average Bonchev–Trinajstić information content (AvgIpc) is 3.14. The first-order valence-corrected chi connectivity index (χ1v) is 8.29. The minimum Gasteiger partial charge on any atom is -0.497 e. The molecule has 0 unspecified atom stereocenters. The van der Waals surface area contributed by atoms with Gasteiger partial charge in [0.2, 0.25) is 0 Å². The maximum absolute atomic E-state index is 13.0. The highest BCUT2D eigenvalue weighted by Crippen LogP contribution is 2.27. The molecule has 1 heterocycles. The molecule has 136 valence electrons. The molecule has 0 saturated carbocycles. The summed E-state index contributed by atoms with van der Waals surface area (Å²) in [5.41, 5.74) is 2.44. The molecule has 0 aliphatic heterocycles. The third-order valence-electron chi connectivity index (χ3n) is 3.99. The van der Waals surface area contributed by atoms with Gasteiger partial charge in [-0.15, -0.1) is 0 Å². The van der Waals surface area contributed by atoms with Crippen molar-refractivity contribution in [1.29, 1.82) is 0 Å². The van der Waals surface area contributed by atoms with Crippen LogP contribution in [0.5, 0.6) is 5.75 Å². The van der Waals surface area contributed by atoms with Crippen molar-refractivity contribution in [3.8, 4) is 16.9 Å². The van der Waals surface area contributed by atoms with E-state index in [0.29, 0.717) is 31.9 Å². The zero-order chi connectivity index (χ0) is 18.1. The molecule has 1 amide bonds. The summed E-state index contributed by atoms with van der Waals surface area (Å²) in [6.45, 7) is 2.28. The second-order valence-corrected chi connectivity index (χ2v) is 5.65. The van der Waals surface area contributed by atoms with Crippen molar-refractivity contribution in [2.45, 2.75) is 6.42 Å². The van der Waals surface area contributed by atoms with Crippen LogP contribution in [0, 0.1) is 0 Å². The van der Waals surface area contributed by atoms with Crippen molar-refractivity contribution < 1.29 is 19.0 Å². The van der Waals surface area contributed by atoms with Crippen molar-refractivity contribution in [3.05, 3.63) is 42.2 Å². The number of hydrogen-bond acceptors (Lipinski definition) is 4. The highest BCUT2D eigenvalue weighted by atomic mass is 16.5. The standard InChI is InChI=1S/C19H26N2O4/c1-23-10-5-8-21(9-11-24-2)19(22)18-14-20-13-17(18)15-6-4-7-16(12-15)25-3/h4,6-7,12-14,20H,5,8-11H2,1-3H3. The zero-order valence-electron chi connectivity index (χ0n) is 15.1. The fraction of sp³-hybridized carbons (Fsp3) is 0.421. The summed E-state index contributed by atoms with van der Waals surface area (Å²) in [5, 5.41) is 0. The highest BCUT2D eigenvalue weighted by Gasteiger charge is 2.20. The number of aromatic nitrogens is 1. The van der Waals surface area contributed by atoms with E-state index in [0.717, 1.165) is 23.3 Å². The molecule has 0 saturated heterocycles. The number of methoxy groups -OCH3 is 3. The molecular weight excluding hydrogens is 320 g/mol. The predicted octanol–water partition coefficient (Wildman–Crippen LogP) is 2.82. The number of benzene rings is 1. The lowest BCUT2D eigenvalue weighted by molar-refractivity contribution is 0.0675. The number of nitrogens with zero attached hydrogens (tertiary/aromatic N) is 1. The number of hydrogen-bond donors (Lipinski definition) is 1. The van der Waals surface area contributed by atoms with Gasteiger partial charge in [0.1, 0.15) is 5.75 Å². The average molecular weight is 346 g/mol. The van der Waals surface area contributed by atoms with E-state index in [-0.39, 0.29) is 5.91 Å². The Balaban J connectivity index is 2.23. The van der Waals surface area contributed by atoms with E-state index in [4.69, 9.17) is 14.2 Å². The van der Waals surface area contributed by atoms with Gasteiger partial charge >= 0.3 is 0 Å². The van der Waals surface area contributed by atoms with E-state index in [2.05, 4.69) is 4.98 Å². The van der Waals surface area contributed by atoms with Gasteiger partial charge in [0.05, 0.1) is 19.3 Å². The van der Waals surface area contributed by atoms with Crippen molar-refractivity contribution in [3.63, 3.8) is 0 Å². The van der Waals surface area contributed by atoms with Crippen LogP contribution in [0.25, 0.3) is 11.1 Å². The number of carbonyl (C=O) groups excluding carboxylic acids is 1. The topological polar surface area (TPSA) is 63.8 Å². The molecule has 0 aliphatic rings. The van der Waals surface area contributed by atoms with Gasteiger partial charge < -0.3 is 24.1 Å². The van der Waals surface area contributed by atoms with Crippen LogP contribution in [-0.2, 0) is 9.47 Å². The Bertz CT molecular complexity index is 669. The maximum atomic E-state index is 13.0. The van der Waals surface area contributed by atoms with E-state index >= 15 is 0 Å². The molecule has 1 aromatic heterocycles. The van der Waals surface area contributed by atoms with E-state index in [1.54, 1.807) is 32.4 Å². The normalized spacial score (nSPS) is 10.7. The Hall–Kier alpha value is -2.31. The van der Waals surface area contributed by atoms with Crippen molar-refractivity contribution in [2.75, 3.05) is 47.6 Å². The van der Waals surface area contributed by atoms with Crippen LogP contribution < -0.4 is 4.74 Å². The van der Waals surface area contributed by atoms with Gasteiger partial charge in [0.25, 0.3) is 5.91 Å². The molecule has 1 aromatic carbocycles. The summed E-state index contributed by atoms with van der Waals surface area (Å²) in [4.78, 5) is 17.9. The van der Waals surface area contributed by atoms with Gasteiger partial charge in [0, 0.05) is 51.9 Å². The Morgan fingerprint density at radius 1 is 1.08 bits per heavy atom. The Morgan fingerprint density at radius 3 is 2.60 bits per heavy atom. The fourth-order valence-corrected chi connectivity index (χ4v) is 2.66. The third-order valence-corrected chi connectivity index (χ3v) is 3.99. The molecule has 2 aromatic rings. The Kier molecular flexibility index (Phi) is 7.50. The van der Waals surface area contributed by atoms with Gasteiger partial charge in [-0.1, -0.05) is 12.1 Å². The molecule has 1 N–H and O–H groups in total. The van der Waals surface area contributed by atoms with Crippen LogP contribution >= 0.6 is 0 Å². The summed E-state index contributed by atoms with van der Waals surface area (Å²) in [7, 11) is 4.93. The smallest absolute Gasteiger partial charge is 0.256 e. The van der Waals surface area contributed by atoms with Gasteiger partial charge in [-0.2, -0.15) is 0 Å². The zero-order valence-corrected chi connectivity index (χ0v) is 15.1. The molecule has 0 atom stereocenters. The molecule has 6 heteroatoms. The fourth-order valence-electron chi connectivity index (χ4n) is 2.66. The molecule has 0 radical (unpaired) electrons. The van der Waals surface area contributed by atoms with Gasteiger partial charge in [0.15, 0.2) is 0 Å². The molecule has 0 spiro atoms. The summed E-state index contributed by atoms with van der Waals surface area (Å²) < 4.78 is 15.5. The van der Waals surface area contributed by atoms with E-state index in [9.17, 15) is 4.79 Å². The minimum absolute atomic E-state index is 0.0211. The van der Waals surface area contributed by atoms with Crippen LogP contribution in [0.4, 0.5) is 0 Å². The minimum atomic E-state index is -0.0211. The number of amides is 1. The first-order valence-electron chi connectivity index (χ1n) is 8.29. The molecule has 0 fully saturated rings. The number of nitrogens with one attached hydrogen (secondary N) is 1. The van der Waals surface area contributed by atoms with Crippen LogP contribution in [0.3, 0.4) is 0 Å². The van der Waals surface area contributed by atoms with Crippen molar-refractivity contribution in [1.82, 2.24) is 9.88 Å². The van der Waals surface area contributed by atoms with Gasteiger partial charge in [-0.05, 0) is 24.1 Å². The maximum Gasteiger partial charge on any atom is 0.256 e. The van der Waals surface area contributed by atoms with Crippen molar-refractivity contribution in [2.24, 2.45) is 0 Å². The molecule has 25 heavy (non-hydrogen) atoms. The summed E-state index contributed by atoms with van der Waals surface area (Å²) in [6, 6.07) is 7.68. The monoisotopic (exact) mass is 346 g/mol. The number of H-pyrrole nitrogens is 1. The van der Waals surface area contributed by atoms with Crippen LogP contribution in [0.2, 0.25) is 0 Å². The molecule has 0 bridgehead atoms. The first kappa shape index (κ1) is 19.0. The number of ether oxygens (including phenoxy) is 3. The Morgan fingerprint density at radius 2 is 1.88 bits per heavy atom. The van der Waals surface area contributed by atoms with Crippen LogP contribution in [-0.4, -0.2) is 63.4 Å². The molecule has 0 aliphatic carbocycles. The lowest BCUT2D eigenvalue weighted by Gasteiger charge is -2.22. The van der Waals surface area contributed by atoms with Gasteiger partial charge in [-0.3, -0.25) is 4.79 Å². The second kappa shape index (κ2) is 9.86. The highest BCUT2D eigenvalue weighted by molar-refractivity contribution is 6.00. The number of rotatable bonds is 10. The summed E-state index contributed by atoms with van der Waals surface area (Å²) >= 11 is 0. The van der Waals surface area contributed by atoms with Crippen molar-refractivity contribution >= 4 is 5.91 Å². The van der Waals surface area contributed by atoms with Crippen LogP contribution in [0.15, 0.2) is 36.7 Å². The summed E-state index contributed by atoms with van der Waals surface area (Å²) in [5.74, 6) is 0.737. The molecular formula is C19H26N2O4. The quantitative estimate of drug-likeness (QED) is 0.672. The van der Waals surface area contributed by atoms with Crippen LogP contribution in [0.1, 0.15) is 16.8 Å². The SMILES string of the molecule is COCCCN(CCOC)C(=O)c1c[nH]cc1-c1cccc(OC)c1. The lowest BCUT2D eigenvalue weighted by Crippen LogP contribution is -2.35. The second-order valence-electron chi connectivity index (χ2n) is 5.65. The van der Waals surface area contributed by atoms with E-state index in [1.807, 2.05) is 30.5 Å². The third kappa shape index (κ3) is 5.08. The molecule has 6 nitrogen and oxygen atoms in total. The first-order chi connectivity index (χ1) is 12.2. The number of aromatic amines is 1. The summed E-state index contributed by atoms with van der Waals surface area (Å²) in [6.07, 6.45) is 4.36. The lowest BCUT2D eigenvalue weighted by atomic mass is 10.0. The molecule has 2 rings (SSSR count). The van der Waals surface area contributed by atoms with E-state index < -0.39 is 0 Å². The van der Waals surface area contributed by atoms with E-state index in [1.165, 1.54) is 0 Å². The predicted molar refractivity (Wildman–Crippen MR) is 97.1 cm³/mol.